The van der Waals surface area contributed by atoms with Crippen molar-refractivity contribution in [3.05, 3.63) is 0 Å². The molecule has 0 aliphatic heterocycles. The molecule has 5 N–H and O–H groups in total. The van der Waals surface area contributed by atoms with Crippen LogP contribution in [0.5, 0.6) is 0 Å². The average molecular weight is 186 g/mol. The van der Waals surface area contributed by atoms with Crippen molar-refractivity contribution in [1.82, 2.24) is 0 Å². The van der Waals surface area contributed by atoms with E-state index in [0.717, 1.165) is 0 Å². The van der Waals surface area contributed by atoms with Gasteiger partial charge in [-0.1, -0.05) is 0 Å². The van der Waals surface area contributed by atoms with Gasteiger partial charge >= 0.3 is 0 Å². The predicted molar refractivity (Wildman–Crippen MR) is 37.2 cm³/mol. The lowest BCUT2D eigenvalue weighted by Crippen LogP contribution is -2.46. The molecule has 0 unspecified atom stereocenters. The number of aliphatic hydroxyl groups excluding tert-OH is 5. The molecule has 0 bridgehead atoms. The smallest absolute Gasteiger partial charge is 0.151 e. The normalized spacial score (nSPS) is 21.1. The van der Waals surface area contributed by atoms with E-state index in [-0.39, 0.29) is 6.29 Å². The second-order valence-corrected chi connectivity index (χ2v) is 2.36. The van der Waals surface area contributed by atoms with E-state index in [4.69, 9.17) is 25.5 Å². The maximum absolute atomic E-state index is 9.90. The van der Waals surface area contributed by atoms with Gasteiger partial charge < -0.3 is 30.3 Å². The minimum Gasteiger partial charge on any atom is -0.394 e. The van der Waals surface area contributed by atoms with Crippen molar-refractivity contribution in [2.45, 2.75) is 24.4 Å². The van der Waals surface area contributed by atoms with Gasteiger partial charge in [0.25, 0.3) is 0 Å². The Hall–Kier alpha value is -0.530. The molecule has 0 amide bonds. The van der Waals surface area contributed by atoms with Gasteiger partial charge in [0.05, 0.1) is 6.61 Å². The van der Waals surface area contributed by atoms with Crippen LogP contribution in [0.4, 0.5) is 0 Å². The first-order chi connectivity index (χ1) is 5.54. The molecule has 4 atom stereocenters. The summed E-state index contributed by atoms with van der Waals surface area (Å²) >= 11 is 0. The van der Waals surface area contributed by atoms with Gasteiger partial charge in [-0.15, -0.1) is 0 Å². The minimum atomic E-state index is -1.79. The number of hydrogen-bond donors (Lipinski definition) is 5. The molecule has 0 fully saturated rings. The van der Waals surface area contributed by atoms with Crippen LogP contribution in [0.2, 0.25) is 0 Å². The molecule has 72 valence electrons. The zero-order chi connectivity index (χ0) is 9.72. The molecule has 0 heterocycles. The summed E-state index contributed by atoms with van der Waals surface area (Å²) in [5, 5.41) is 43.5. The van der Waals surface area contributed by atoms with Crippen LogP contribution in [0.1, 0.15) is 0 Å². The Morgan fingerprint density at radius 1 is 1.08 bits per heavy atom. The fourth-order valence-electron chi connectivity index (χ4n) is 0.618. The van der Waals surface area contributed by atoms with Gasteiger partial charge in [0.1, 0.15) is 24.4 Å². The number of aliphatic hydroxyl groups is 5. The van der Waals surface area contributed by atoms with Gasteiger partial charge in [0.15, 0.2) is 6.29 Å². The first-order valence-electron chi connectivity index (χ1n) is 3.33. The van der Waals surface area contributed by atoms with Gasteiger partial charge in [0, 0.05) is 0 Å². The quantitative estimate of drug-likeness (QED) is 0.226. The zero-order valence-corrected chi connectivity index (χ0v) is 6.24. The summed E-state index contributed by atoms with van der Waals surface area (Å²) in [4.78, 5) is 9.90. The number of carbonyl (C=O) groups is 1. The average Bonchev–Trinajstić information content (AvgIpc) is 2.12. The third-order valence-corrected chi connectivity index (χ3v) is 1.42. The number of hydrogen-bond acceptors (Lipinski definition) is 6. The Bertz CT molecular complexity index is 138. The Balaban J connectivity index is 4.07. The molecule has 6 heteroatoms. The van der Waals surface area contributed by atoms with Crippen molar-refractivity contribution in [1.29, 1.82) is 0 Å². The highest BCUT2D eigenvalue weighted by Crippen LogP contribution is 2.02. The van der Waals surface area contributed by atoms with Crippen LogP contribution >= 0.6 is 0 Å². The van der Waals surface area contributed by atoms with Crippen molar-refractivity contribution < 1.29 is 30.3 Å². The zero-order valence-electron chi connectivity index (χ0n) is 6.24. The van der Waals surface area contributed by atoms with Crippen LogP contribution in [0, 0.1) is 0 Å². The van der Waals surface area contributed by atoms with E-state index in [1.54, 1.807) is 0 Å². The predicted octanol–water partition coefficient (Wildman–Crippen LogP) is -3.38. The molecule has 0 saturated heterocycles. The maximum Gasteiger partial charge on any atom is 0.151 e. The number of carbonyl (C=O) groups excluding carboxylic acids is 1. The molecule has 0 spiro atoms. The van der Waals surface area contributed by atoms with E-state index in [1.807, 2.05) is 0 Å². The molecule has 0 aromatic heterocycles. The third kappa shape index (κ3) is 2.84. The highest BCUT2D eigenvalue weighted by Gasteiger charge is 2.29. The van der Waals surface area contributed by atoms with Crippen LogP contribution in [0.3, 0.4) is 0 Å². The second kappa shape index (κ2) is 5.18. The second-order valence-electron chi connectivity index (χ2n) is 2.36. The topological polar surface area (TPSA) is 118 Å². The summed E-state index contributed by atoms with van der Waals surface area (Å²) in [6.07, 6.45) is -6.84. The molecular formula is C6H12O6. The largest absolute Gasteiger partial charge is 0.394 e. The number of aldehydes is 1. The maximum atomic E-state index is 9.90. The summed E-state index contributed by atoms with van der Waals surface area (Å²) in [5.41, 5.74) is 0. The van der Waals surface area contributed by atoms with E-state index in [2.05, 4.69) is 0 Å². The van der Waals surface area contributed by atoms with Crippen molar-refractivity contribution in [2.75, 3.05) is 6.61 Å². The molecule has 0 saturated carbocycles. The molecule has 0 aromatic rings. The molecule has 0 aromatic carbocycles. The van der Waals surface area contributed by atoms with Crippen molar-refractivity contribution in [2.24, 2.45) is 0 Å². The van der Waals surface area contributed by atoms with Crippen molar-refractivity contribution >= 4 is 6.29 Å². The Morgan fingerprint density at radius 3 is 1.92 bits per heavy atom. The van der Waals surface area contributed by atoms with Crippen molar-refractivity contribution in [3.63, 3.8) is 0 Å². The fraction of sp³-hybridized carbons (Fsp3) is 0.833. The molecule has 0 aliphatic rings. The standard InChI is InChI=1S/C6H12O6/c7-1-3(9)5(11)6(12)4(10)2-8/h1,3-6,8-12H,2H2/t3-,4+,5+,6-/m0/s1/i1+1,2+1,3+1,4+1,5+1,6+1. The van der Waals surface area contributed by atoms with Gasteiger partial charge in [-0.2, -0.15) is 0 Å². The molecule has 0 radical (unpaired) electrons. The lowest BCUT2D eigenvalue weighted by atomic mass is 11.0. The molecule has 6 nitrogen and oxygen atoms in total. The van der Waals surface area contributed by atoms with E-state index >= 15 is 0 Å². The summed E-state index contributed by atoms with van der Waals surface area (Å²) in [6, 6.07) is 0. The third-order valence-electron chi connectivity index (χ3n) is 1.42. The fourth-order valence-corrected chi connectivity index (χ4v) is 0.618. The Morgan fingerprint density at radius 2 is 1.58 bits per heavy atom. The van der Waals surface area contributed by atoms with Crippen LogP contribution in [0.15, 0.2) is 0 Å². The molecular weight excluding hydrogens is 174 g/mol. The monoisotopic (exact) mass is 186 g/mol. The van der Waals surface area contributed by atoms with Gasteiger partial charge in [-0.3, -0.25) is 0 Å². The lowest BCUT2D eigenvalue weighted by molar-refractivity contribution is -0.136. The van der Waals surface area contributed by atoms with Gasteiger partial charge in [0.2, 0.25) is 0 Å². The van der Waals surface area contributed by atoms with E-state index in [1.165, 1.54) is 0 Å². The van der Waals surface area contributed by atoms with Crippen LogP contribution in [-0.4, -0.2) is 62.8 Å². The first kappa shape index (κ1) is 11.5. The highest BCUT2D eigenvalue weighted by molar-refractivity contribution is 5.56. The molecule has 0 aliphatic carbocycles. The first-order valence-corrected chi connectivity index (χ1v) is 3.33. The SMILES string of the molecule is O=[13CH][13C@H](O)[13C@@H](O)[13C@@H](O)[13C@H](O)[13CH2]O. The van der Waals surface area contributed by atoms with E-state index in [9.17, 15) is 4.79 Å². The van der Waals surface area contributed by atoms with Crippen LogP contribution in [-0.2, 0) is 4.79 Å². The Kier molecular flexibility index (Phi) is 4.95. The van der Waals surface area contributed by atoms with E-state index < -0.39 is 31.0 Å². The van der Waals surface area contributed by atoms with Crippen molar-refractivity contribution in [3.8, 4) is 0 Å². The molecule has 0 rings (SSSR count). The van der Waals surface area contributed by atoms with Gasteiger partial charge in [-0.25, -0.2) is 0 Å². The highest BCUT2D eigenvalue weighted by atomic mass is 16.6. The lowest BCUT2D eigenvalue weighted by Gasteiger charge is -2.22. The van der Waals surface area contributed by atoms with Crippen LogP contribution in [0.25, 0.3) is 0 Å². The summed E-state index contributed by atoms with van der Waals surface area (Å²) < 4.78 is 0. The summed E-state index contributed by atoms with van der Waals surface area (Å²) in [6.45, 7) is -0.760. The molecule has 12 heavy (non-hydrogen) atoms. The summed E-state index contributed by atoms with van der Waals surface area (Å²) in [5.74, 6) is 0. The minimum absolute atomic E-state index is 0.0258. The van der Waals surface area contributed by atoms with Crippen LogP contribution < -0.4 is 0 Å². The summed E-state index contributed by atoms with van der Waals surface area (Å²) in [7, 11) is 0. The van der Waals surface area contributed by atoms with E-state index in [0.29, 0.717) is 0 Å². The van der Waals surface area contributed by atoms with Gasteiger partial charge in [-0.05, 0) is 0 Å². The Labute approximate surface area is 68.7 Å². The number of rotatable bonds is 5.